The summed E-state index contributed by atoms with van der Waals surface area (Å²) in [6, 6.07) is -0.226. The molecule has 1 amide bonds. The van der Waals surface area contributed by atoms with Gasteiger partial charge in [-0.25, -0.2) is 4.98 Å². The molecular formula is C14H21N5O. The summed E-state index contributed by atoms with van der Waals surface area (Å²) in [4.78, 5) is 16.2. The summed E-state index contributed by atoms with van der Waals surface area (Å²) in [6.45, 7) is 4.45. The molecule has 2 aromatic heterocycles. The first-order valence-corrected chi connectivity index (χ1v) is 6.82. The molecule has 0 aliphatic heterocycles. The zero-order valence-corrected chi connectivity index (χ0v) is 12.2. The highest BCUT2D eigenvalue weighted by Gasteiger charge is 2.15. The average Bonchev–Trinajstić information content (AvgIpc) is 3.02. The lowest BCUT2D eigenvalue weighted by molar-refractivity contribution is -0.123. The molecule has 6 heteroatoms. The van der Waals surface area contributed by atoms with E-state index in [0.29, 0.717) is 6.54 Å². The maximum absolute atomic E-state index is 12.0. The molecule has 0 spiro atoms. The van der Waals surface area contributed by atoms with Crippen molar-refractivity contribution in [2.75, 3.05) is 6.54 Å². The van der Waals surface area contributed by atoms with Crippen molar-refractivity contribution < 1.29 is 4.79 Å². The number of imidazole rings is 1. The summed E-state index contributed by atoms with van der Waals surface area (Å²) in [5.41, 5.74) is 1.19. The van der Waals surface area contributed by atoms with Gasteiger partial charge in [-0.3, -0.25) is 9.48 Å². The molecule has 0 aliphatic rings. The van der Waals surface area contributed by atoms with E-state index in [1.807, 2.05) is 44.1 Å². The number of nitrogens with one attached hydrogen (secondary N) is 1. The van der Waals surface area contributed by atoms with Crippen LogP contribution >= 0.6 is 0 Å². The van der Waals surface area contributed by atoms with Crippen LogP contribution in [0.15, 0.2) is 24.8 Å². The topological polar surface area (TPSA) is 64.7 Å². The van der Waals surface area contributed by atoms with Crippen LogP contribution < -0.4 is 5.32 Å². The maximum Gasteiger partial charge on any atom is 0.242 e. The minimum atomic E-state index is -0.226. The molecule has 1 N–H and O–H groups in total. The smallest absolute Gasteiger partial charge is 0.242 e. The van der Waals surface area contributed by atoms with Crippen molar-refractivity contribution in [3.8, 4) is 0 Å². The van der Waals surface area contributed by atoms with Gasteiger partial charge in [0.15, 0.2) is 0 Å². The Labute approximate surface area is 118 Å². The van der Waals surface area contributed by atoms with Crippen LogP contribution in [0.4, 0.5) is 0 Å². The zero-order valence-electron chi connectivity index (χ0n) is 12.2. The quantitative estimate of drug-likeness (QED) is 0.807. The van der Waals surface area contributed by atoms with Crippen molar-refractivity contribution in [1.29, 1.82) is 0 Å². The number of nitrogens with zero attached hydrogens (tertiary/aromatic N) is 4. The van der Waals surface area contributed by atoms with Gasteiger partial charge < -0.3 is 9.88 Å². The minimum absolute atomic E-state index is 0.0253. The first kappa shape index (κ1) is 14.3. The number of carbonyl (C=O) groups excluding carboxylic acids is 1. The second-order valence-electron chi connectivity index (χ2n) is 4.97. The van der Waals surface area contributed by atoms with Gasteiger partial charge >= 0.3 is 0 Å². The van der Waals surface area contributed by atoms with Gasteiger partial charge in [0.1, 0.15) is 11.9 Å². The van der Waals surface area contributed by atoms with E-state index < -0.39 is 0 Å². The van der Waals surface area contributed by atoms with Crippen LogP contribution in [0.2, 0.25) is 0 Å². The summed E-state index contributed by atoms with van der Waals surface area (Å²) in [7, 11) is 1.90. The normalized spacial score (nSPS) is 12.3. The summed E-state index contributed by atoms with van der Waals surface area (Å²) in [5.74, 6) is 0.875. The highest BCUT2D eigenvalue weighted by Crippen LogP contribution is 2.08. The summed E-state index contributed by atoms with van der Waals surface area (Å²) in [6.07, 6.45) is 9.23. The highest BCUT2D eigenvalue weighted by molar-refractivity contribution is 5.79. The summed E-state index contributed by atoms with van der Waals surface area (Å²) >= 11 is 0. The first-order valence-electron chi connectivity index (χ1n) is 6.82. The van der Waals surface area contributed by atoms with Gasteiger partial charge in [-0.1, -0.05) is 0 Å². The molecule has 2 heterocycles. The Balaban J connectivity index is 1.74. The minimum Gasteiger partial charge on any atom is -0.354 e. The second kappa shape index (κ2) is 6.36. The molecule has 1 atom stereocenters. The lowest BCUT2D eigenvalue weighted by Crippen LogP contribution is -2.32. The molecule has 0 saturated heterocycles. The fourth-order valence-electron chi connectivity index (χ4n) is 2.18. The second-order valence-corrected chi connectivity index (χ2v) is 4.97. The number of carbonyl (C=O) groups is 1. The molecule has 108 valence electrons. The predicted molar refractivity (Wildman–Crippen MR) is 76.2 cm³/mol. The average molecular weight is 275 g/mol. The molecule has 2 rings (SSSR count). The molecule has 0 aliphatic carbocycles. The Morgan fingerprint density at radius 1 is 1.50 bits per heavy atom. The van der Waals surface area contributed by atoms with Crippen molar-refractivity contribution in [1.82, 2.24) is 24.6 Å². The molecule has 2 aromatic rings. The Bertz CT molecular complexity index is 572. The third kappa shape index (κ3) is 3.46. The fraction of sp³-hybridized carbons (Fsp3) is 0.500. The van der Waals surface area contributed by atoms with E-state index in [4.69, 9.17) is 0 Å². The van der Waals surface area contributed by atoms with Crippen molar-refractivity contribution in [3.63, 3.8) is 0 Å². The summed E-state index contributed by atoms with van der Waals surface area (Å²) < 4.78 is 3.66. The number of hydrogen-bond donors (Lipinski definition) is 1. The van der Waals surface area contributed by atoms with E-state index in [1.165, 1.54) is 5.56 Å². The number of amides is 1. The number of rotatable bonds is 6. The SMILES string of the molecule is Cc1nccn1C(C)C(=O)NCCCc1cnn(C)c1. The number of aryl methyl sites for hydroxylation is 3. The maximum atomic E-state index is 12.0. The van der Waals surface area contributed by atoms with Crippen LogP contribution in [-0.2, 0) is 18.3 Å². The Morgan fingerprint density at radius 2 is 2.30 bits per heavy atom. The van der Waals surface area contributed by atoms with E-state index in [-0.39, 0.29) is 11.9 Å². The molecule has 0 fully saturated rings. The molecule has 0 saturated carbocycles. The summed E-state index contributed by atoms with van der Waals surface area (Å²) in [5, 5.41) is 7.08. The lowest BCUT2D eigenvalue weighted by atomic mass is 10.2. The van der Waals surface area contributed by atoms with E-state index >= 15 is 0 Å². The third-order valence-corrected chi connectivity index (χ3v) is 3.36. The lowest BCUT2D eigenvalue weighted by Gasteiger charge is -2.14. The van der Waals surface area contributed by atoms with E-state index in [0.717, 1.165) is 18.7 Å². The molecule has 0 aromatic carbocycles. The number of aromatic nitrogens is 4. The van der Waals surface area contributed by atoms with Crippen LogP contribution in [0.25, 0.3) is 0 Å². The molecule has 20 heavy (non-hydrogen) atoms. The van der Waals surface area contributed by atoms with Crippen LogP contribution in [0.3, 0.4) is 0 Å². The Kier molecular flexibility index (Phi) is 4.55. The van der Waals surface area contributed by atoms with Crippen LogP contribution in [0.5, 0.6) is 0 Å². The van der Waals surface area contributed by atoms with Gasteiger partial charge in [-0.05, 0) is 32.3 Å². The van der Waals surface area contributed by atoms with Crippen LogP contribution in [0.1, 0.15) is 30.8 Å². The van der Waals surface area contributed by atoms with Gasteiger partial charge in [-0.2, -0.15) is 5.10 Å². The van der Waals surface area contributed by atoms with Gasteiger partial charge in [-0.15, -0.1) is 0 Å². The van der Waals surface area contributed by atoms with Crippen molar-refractivity contribution in [3.05, 3.63) is 36.2 Å². The molecule has 0 radical (unpaired) electrons. The fourth-order valence-corrected chi connectivity index (χ4v) is 2.18. The van der Waals surface area contributed by atoms with Crippen molar-refractivity contribution >= 4 is 5.91 Å². The van der Waals surface area contributed by atoms with Gasteiger partial charge in [0.05, 0.1) is 6.20 Å². The number of hydrogen-bond acceptors (Lipinski definition) is 3. The molecule has 6 nitrogen and oxygen atoms in total. The van der Waals surface area contributed by atoms with Crippen LogP contribution in [-0.4, -0.2) is 31.8 Å². The Morgan fingerprint density at radius 3 is 2.90 bits per heavy atom. The highest BCUT2D eigenvalue weighted by atomic mass is 16.2. The van der Waals surface area contributed by atoms with Crippen molar-refractivity contribution in [2.24, 2.45) is 7.05 Å². The standard InChI is InChI=1S/C14H21N5O/c1-11(19-8-7-15-12(19)2)14(20)16-6-4-5-13-9-17-18(3)10-13/h7-11H,4-6H2,1-3H3,(H,16,20). The molecule has 1 unspecified atom stereocenters. The largest absolute Gasteiger partial charge is 0.354 e. The van der Waals surface area contributed by atoms with Crippen LogP contribution in [0, 0.1) is 6.92 Å². The van der Waals surface area contributed by atoms with E-state index in [1.54, 1.807) is 10.9 Å². The van der Waals surface area contributed by atoms with Gasteiger partial charge in [0.2, 0.25) is 5.91 Å². The molecular weight excluding hydrogens is 254 g/mol. The zero-order chi connectivity index (χ0) is 14.5. The van der Waals surface area contributed by atoms with E-state index in [9.17, 15) is 4.79 Å². The van der Waals surface area contributed by atoms with Gasteiger partial charge in [0, 0.05) is 32.2 Å². The third-order valence-electron chi connectivity index (χ3n) is 3.36. The predicted octanol–water partition coefficient (Wildman–Crippen LogP) is 1.24. The first-order chi connectivity index (χ1) is 9.58. The van der Waals surface area contributed by atoms with Gasteiger partial charge in [0.25, 0.3) is 0 Å². The van der Waals surface area contributed by atoms with Crippen molar-refractivity contribution in [2.45, 2.75) is 32.7 Å². The van der Waals surface area contributed by atoms with E-state index in [2.05, 4.69) is 15.4 Å². The molecule has 0 bridgehead atoms. The monoisotopic (exact) mass is 275 g/mol. The Hall–Kier alpha value is -2.11.